The number of rotatable bonds is 6. The van der Waals surface area contributed by atoms with Crippen molar-refractivity contribution in [3.8, 4) is 0 Å². The Morgan fingerprint density at radius 2 is 1.92 bits per heavy atom. The van der Waals surface area contributed by atoms with Gasteiger partial charge in [-0.05, 0) is 19.3 Å². The fraction of sp³-hybridized carbons (Fsp3) is 0.900. The van der Waals surface area contributed by atoms with Crippen LogP contribution in [0.15, 0.2) is 0 Å². The molecule has 0 saturated carbocycles. The van der Waals surface area contributed by atoms with Crippen molar-refractivity contribution in [1.29, 1.82) is 0 Å². The van der Waals surface area contributed by atoms with Crippen LogP contribution < -0.4 is 0 Å². The second kappa shape index (κ2) is 9.52. The van der Waals surface area contributed by atoms with Gasteiger partial charge >= 0.3 is 5.97 Å². The summed E-state index contributed by atoms with van der Waals surface area (Å²) in [4.78, 5) is 10.6. The van der Waals surface area contributed by atoms with Crippen molar-refractivity contribution in [3.63, 3.8) is 0 Å². The number of ether oxygens (including phenoxy) is 1. The van der Waals surface area contributed by atoms with Crippen molar-refractivity contribution in [2.75, 3.05) is 0 Å². The topological polar surface area (TPSA) is 57.8 Å². The van der Waals surface area contributed by atoms with E-state index in [2.05, 4.69) is 13.8 Å². The van der Waals surface area contributed by atoms with E-state index in [9.17, 15) is 4.79 Å². The quantitative estimate of drug-likeness (QED) is 0.475. The Bertz CT molecular complexity index is 123. The zero-order valence-electron chi connectivity index (χ0n) is 8.93. The van der Waals surface area contributed by atoms with E-state index in [0.717, 1.165) is 12.8 Å². The summed E-state index contributed by atoms with van der Waals surface area (Å²) in [5.74, 6) is -0.154. The third kappa shape index (κ3) is 9.34. The van der Waals surface area contributed by atoms with Crippen LogP contribution in [0.25, 0.3) is 0 Å². The molecule has 0 aliphatic rings. The van der Waals surface area contributed by atoms with Crippen molar-refractivity contribution in [2.24, 2.45) is 0 Å². The molecule has 0 rings (SSSR count). The van der Waals surface area contributed by atoms with E-state index < -0.39 is 0 Å². The predicted molar refractivity (Wildman–Crippen MR) is 53.6 cm³/mol. The number of esters is 1. The van der Waals surface area contributed by atoms with E-state index in [0.29, 0.717) is 0 Å². The molecule has 2 N–H and O–H groups in total. The van der Waals surface area contributed by atoms with Crippen LogP contribution in [0.1, 0.15) is 52.9 Å². The van der Waals surface area contributed by atoms with Gasteiger partial charge in [0.1, 0.15) is 6.10 Å². The van der Waals surface area contributed by atoms with E-state index in [1.54, 1.807) is 0 Å². The van der Waals surface area contributed by atoms with Crippen LogP contribution >= 0.6 is 0 Å². The van der Waals surface area contributed by atoms with Crippen molar-refractivity contribution < 1.29 is 15.0 Å². The van der Waals surface area contributed by atoms with Gasteiger partial charge in [-0.2, -0.15) is 0 Å². The molecule has 0 heterocycles. The fourth-order valence-corrected chi connectivity index (χ4v) is 1.20. The van der Waals surface area contributed by atoms with E-state index in [-0.39, 0.29) is 17.5 Å². The van der Waals surface area contributed by atoms with Gasteiger partial charge in [-0.1, -0.05) is 26.7 Å². The summed E-state index contributed by atoms with van der Waals surface area (Å²) in [6.45, 7) is 5.70. The van der Waals surface area contributed by atoms with Crippen molar-refractivity contribution in [1.82, 2.24) is 0 Å². The SMILES string of the molecule is CCCCCC(CC)OC(C)=O.O. The minimum Gasteiger partial charge on any atom is -0.463 e. The average molecular weight is 190 g/mol. The minimum absolute atomic E-state index is 0. The number of carbonyl (C=O) groups is 1. The van der Waals surface area contributed by atoms with Crippen LogP contribution in [0, 0.1) is 0 Å². The highest BCUT2D eigenvalue weighted by Gasteiger charge is 2.07. The molecule has 0 aromatic carbocycles. The molecule has 0 aliphatic carbocycles. The summed E-state index contributed by atoms with van der Waals surface area (Å²) >= 11 is 0. The lowest BCUT2D eigenvalue weighted by Crippen LogP contribution is -2.14. The Balaban J connectivity index is 0. The fourth-order valence-electron chi connectivity index (χ4n) is 1.20. The third-order valence-corrected chi connectivity index (χ3v) is 1.92. The lowest BCUT2D eigenvalue weighted by molar-refractivity contribution is -0.146. The first-order valence-corrected chi connectivity index (χ1v) is 4.87. The molecule has 3 heteroatoms. The first-order valence-electron chi connectivity index (χ1n) is 4.87. The predicted octanol–water partition coefficient (Wildman–Crippen LogP) is 2.08. The molecule has 0 aliphatic heterocycles. The lowest BCUT2D eigenvalue weighted by atomic mass is 10.1. The van der Waals surface area contributed by atoms with Gasteiger partial charge in [0.05, 0.1) is 0 Å². The zero-order valence-corrected chi connectivity index (χ0v) is 8.93. The average Bonchev–Trinajstić information content (AvgIpc) is 2.02. The largest absolute Gasteiger partial charge is 0.463 e. The van der Waals surface area contributed by atoms with Crippen molar-refractivity contribution >= 4 is 5.97 Å². The monoisotopic (exact) mass is 190 g/mol. The Labute approximate surface area is 80.8 Å². The molecule has 80 valence electrons. The maximum Gasteiger partial charge on any atom is 0.302 e. The second-order valence-electron chi connectivity index (χ2n) is 3.14. The first kappa shape index (κ1) is 14.9. The van der Waals surface area contributed by atoms with E-state index in [1.807, 2.05) is 0 Å². The molecular weight excluding hydrogens is 168 g/mol. The smallest absolute Gasteiger partial charge is 0.302 e. The van der Waals surface area contributed by atoms with Gasteiger partial charge in [0.15, 0.2) is 0 Å². The first-order chi connectivity index (χ1) is 5.70. The summed E-state index contributed by atoms with van der Waals surface area (Å²) < 4.78 is 5.11. The van der Waals surface area contributed by atoms with Crippen molar-refractivity contribution in [2.45, 2.75) is 59.0 Å². The minimum atomic E-state index is -0.154. The van der Waals surface area contributed by atoms with Gasteiger partial charge in [-0.15, -0.1) is 0 Å². The van der Waals surface area contributed by atoms with Gasteiger partial charge in [0, 0.05) is 6.92 Å². The highest BCUT2D eigenvalue weighted by Crippen LogP contribution is 2.09. The summed E-state index contributed by atoms with van der Waals surface area (Å²) in [5.41, 5.74) is 0. The number of hydrogen-bond acceptors (Lipinski definition) is 2. The Morgan fingerprint density at radius 1 is 1.31 bits per heavy atom. The van der Waals surface area contributed by atoms with Crippen LogP contribution in [0.3, 0.4) is 0 Å². The van der Waals surface area contributed by atoms with E-state index in [4.69, 9.17) is 4.74 Å². The summed E-state index contributed by atoms with van der Waals surface area (Å²) in [6.07, 6.45) is 5.72. The Kier molecular flexibility index (Phi) is 10.9. The molecule has 0 radical (unpaired) electrons. The van der Waals surface area contributed by atoms with Gasteiger partial charge in [-0.3, -0.25) is 4.79 Å². The molecule has 0 saturated heterocycles. The van der Waals surface area contributed by atoms with Crippen LogP contribution in [-0.4, -0.2) is 17.5 Å². The number of hydrogen-bond donors (Lipinski definition) is 0. The molecule has 3 nitrogen and oxygen atoms in total. The molecular formula is C10H22O3. The molecule has 0 spiro atoms. The standard InChI is InChI=1S/C10H20O2.H2O/c1-4-6-7-8-10(5-2)12-9(3)11;/h10H,4-8H2,1-3H3;1H2. The molecule has 0 fully saturated rings. The molecule has 0 bridgehead atoms. The van der Waals surface area contributed by atoms with Crippen LogP contribution in [0.2, 0.25) is 0 Å². The summed E-state index contributed by atoms with van der Waals surface area (Å²) in [6, 6.07) is 0. The third-order valence-electron chi connectivity index (χ3n) is 1.92. The maximum atomic E-state index is 10.6. The Morgan fingerprint density at radius 3 is 2.31 bits per heavy atom. The normalized spacial score (nSPS) is 11.6. The van der Waals surface area contributed by atoms with Crippen LogP contribution in [0.5, 0.6) is 0 Å². The van der Waals surface area contributed by atoms with Gasteiger partial charge in [-0.25, -0.2) is 0 Å². The van der Waals surface area contributed by atoms with E-state index >= 15 is 0 Å². The second-order valence-corrected chi connectivity index (χ2v) is 3.14. The highest BCUT2D eigenvalue weighted by atomic mass is 16.5. The molecule has 0 amide bonds. The maximum absolute atomic E-state index is 10.6. The number of carbonyl (C=O) groups excluding carboxylic acids is 1. The lowest BCUT2D eigenvalue weighted by Gasteiger charge is -2.14. The summed E-state index contributed by atoms with van der Waals surface area (Å²) in [7, 11) is 0. The van der Waals surface area contributed by atoms with E-state index in [1.165, 1.54) is 26.2 Å². The molecule has 0 aromatic heterocycles. The van der Waals surface area contributed by atoms with Gasteiger partial charge in [0.2, 0.25) is 0 Å². The van der Waals surface area contributed by atoms with Gasteiger partial charge < -0.3 is 10.2 Å². The Hall–Kier alpha value is -0.570. The van der Waals surface area contributed by atoms with Gasteiger partial charge in [0.25, 0.3) is 0 Å². The molecule has 0 aromatic rings. The molecule has 1 atom stereocenters. The van der Waals surface area contributed by atoms with Crippen LogP contribution in [-0.2, 0) is 9.53 Å². The highest BCUT2D eigenvalue weighted by molar-refractivity contribution is 5.66. The summed E-state index contributed by atoms with van der Waals surface area (Å²) in [5, 5.41) is 0. The van der Waals surface area contributed by atoms with Crippen molar-refractivity contribution in [3.05, 3.63) is 0 Å². The molecule has 13 heavy (non-hydrogen) atoms. The number of unbranched alkanes of at least 4 members (excludes halogenated alkanes) is 2. The van der Waals surface area contributed by atoms with Crippen LogP contribution in [0.4, 0.5) is 0 Å². The zero-order chi connectivity index (χ0) is 9.40. The molecule has 1 unspecified atom stereocenters.